The topological polar surface area (TPSA) is 108 Å². The number of hydrogen-bond acceptors (Lipinski definition) is 7. The molecular weight excluding hydrogens is 567 g/mol. The van der Waals surface area contributed by atoms with E-state index in [1.54, 1.807) is 6.92 Å². The van der Waals surface area contributed by atoms with Crippen LogP contribution < -0.4 is 0 Å². The van der Waals surface area contributed by atoms with Crippen LogP contribution in [0, 0.1) is 0 Å². The lowest BCUT2D eigenvalue weighted by Gasteiger charge is -2.19. The van der Waals surface area contributed by atoms with Crippen molar-refractivity contribution >= 4 is 19.8 Å². The van der Waals surface area contributed by atoms with Crippen LogP contribution in [-0.2, 0) is 32.7 Å². The summed E-state index contributed by atoms with van der Waals surface area (Å²) in [5, 5.41) is 0. The summed E-state index contributed by atoms with van der Waals surface area (Å²) in [4.78, 5) is 34.4. The van der Waals surface area contributed by atoms with Crippen LogP contribution in [0.4, 0.5) is 0 Å². The van der Waals surface area contributed by atoms with Gasteiger partial charge in [-0.1, -0.05) is 128 Å². The maximum absolute atomic E-state index is 12.4. The first kappa shape index (κ1) is 41.8. The molecule has 9 heteroatoms. The zero-order chi connectivity index (χ0) is 31.9. The van der Waals surface area contributed by atoms with Crippen molar-refractivity contribution in [3.8, 4) is 0 Å². The summed E-state index contributed by atoms with van der Waals surface area (Å²) in [6.45, 7) is 5.26. The van der Waals surface area contributed by atoms with Crippen LogP contribution in [-0.4, -0.2) is 42.8 Å². The minimum Gasteiger partial charge on any atom is -0.462 e. The van der Waals surface area contributed by atoms with E-state index in [0.29, 0.717) is 12.8 Å². The molecule has 0 rings (SSSR count). The average molecular weight is 633 g/mol. The fraction of sp³-hybridized carbons (Fsp3) is 0.882. The van der Waals surface area contributed by atoms with Crippen molar-refractivity contribution in [1.82, 2.24) is 0 Å². The zero-order valence-corrected chi connectivity index (χ0v) is 28.8. The van der Waals surface area contributed by atoms with E-state index in [1.165, 1.54) is 83.5 Å². The van der Waals surface area contributed by atoms with E-state index in [1.807, 2.05) is 6.92 Å². The second-order valence-electron chi connectivity index (χ2n) is 11.6. The third-order valence-corrected chi connectivity index (χ3v) is 8.48. The van der Waals surface area contributed by atoms with Gasteiger partial charge in [-0.15, -0.1) is 0 Å². The number of unbranched alkanes of at least 4 members (excludes halogenated alkanes) is 19. The molecule has 0 aliphatic heterocycles. The van der Waals surface area contributed by atoms with E-state index in [-0.39, 0.29) is 25.6 Å². The summed E-state index contributed by atoms with van der Waals surface area (Å²) in [5.74, 6) is -0.802. The van der Waals surface area contributed by atoms with Gasteiger partial charge in [-0.25, -0.2) is 4.57 Å². The number of phosphoric acid groups is 1. The van der Waals surface area contributed by atoms with Gasteiger partial charge < -0.3 is 14.4 Å². The summed E-state index contributed by atoms with van der Waals surface area (Å²) in [7, 11) is -4.26. The maximum atomic E-state index is 12.4. The molecule has 0 aromatic heterocycles. The van der Waals surface area contributed by atoms with Crippen LogP contribution >= 0.6 is 7.82 Å². The molecule has 0 heterocycles. The predicted molar refractivity (Wildman–Crippen MR) is 175 cm³/mol. The lowest BCUT2D eigenvalue weighted by atomic mass is 10.0. The molecule has 8 nitrogen and oxygen atoms in total. The van der Waals surface area contributed by atoms with E-state index in [4.69, 9.17) is 18.5 Å². The van der Waals surface area contributed by atoms with Crippen LogP contribution in [0.15, 0.2) is 12.2 Å². The molecule has 43 heavy (non-hydrogen) atoms. The third-order valence-electron chi connectivity index (χ3n) is 7.42. The monoisotopic (exact) mass is 632 g/mol. The van der Waals surface area contributed by atoms with Crippen molar-refractivity contribution in [2.75, 3.05) is 19.8 Å². The predicted octanol–water partition coefficient (Wildman–Crippen LogP) is 10.2. The molecule has 0 fully saturated rings. The number of hydrogen-bond donors (Lipinski definition) is 1. The van der Waals surface area contributed by atoms with Crippen molar-refractivity contribution in [3.63, 3.8) is 0 Å². The Morgan fingerprint density at radius 3 is 1.60 bits per heavy atom. The Labute approximate surface area is 263 Å². The van der Waals surface area contributed by atoms with Crippen molar-refractivity contribution in [2.24, 2.45) is 0 Å². The minimum absolute atomic E-state index is 0.00211. The SMILES string of the molecule is C/C=C/CCCCCCCCCC(=O)O[C@H](COC(=O)CCCCCCCCCCCCCCC)COP(=O)(O)OCC. The summed E-state index contributed by atoms with van der Waals surface area (Å²) in [6, 6.07) is 0. The first-order valence-corrected chi connectivity index (χ1v) is 18.9. The van der Waals surface area contributed by atoms with Crippen molar-refractivity contribution in [1.29, 1.82) is 0 Å². The summed E-state index contributed by atoms with van der Waals surface area (Å²) in [5.41, 5.74) is 0. The molecule has 0 saturated heterocycles. The second-order valence-corrected chi connectivity index (χ2v) is 13.0. The van der Waals surface area contributed by atoms with Gasteiger partial charge in [0.15, 0.2) is 6.10 Å². The molecule has 0 aliphatic rings. The first-order valence-electron chi connectivity index (χ1n) is 17.4. The standard InChI is InChI=1S/C34H65O8P/c1-4-7-9-11-13-15-17-18-19-21-22-24-26-28-33(35)39-30-32(31-41-43(37,38)40-6-3)42-34(36)29-27-25-23-20-16-14-12-10-8-5-2/h5,8,32H,4,6-7,9-31H2,1-3H3,(H,37,38)/b8-5+/t32-/m1/s1. The van der Waals surface area contributed by atoms with Gasteiger partial charge in [-0.2, -0.15) is 0 Å². The molecule has 254 valence electrons. The van der Waals surface area contributed by atoms with Gasteiger partial charge in [0.1, 0.15) is 6.61 Å². The van der Waals surface area contributed by atoms with Gasteiger partial charge in [0, 0.05) is 12.8 Å². The number of allylic oxidation sites excluding steroid dienone is 2. The lowest BCUT2D eigenvalue weighted by molar-refractivity contribution is -0.161. The highest BCUT2D eigenvalue weighted by molar-refractivity contribution is 7.47. The lowest BCUT2D eigenvalue weighted by Crippen LogP contribution is -2.29. The Morgan fingerprint density at radius 2 is 1.12 bits per heavy atom. The normalized spacial score (nSPS) is 13.7. The largest absolute Gasteiger partial charge is 0.472 e. The van der Waals surface area contributed by atoms with E-state index < -0.39 is 26.5 Å². The van der Waals surface area contributed by atoms with Crippen molar-refractivity contribution < 1.29 is 37.6 Å². The number of ether oxygens (including phenoxy) is 2. The van der Waals surface area contributed by atoms with Crippen LogP contribution in [0.5, 0.6) is 0 Å². The number of carbonyl (C=O) groups excluding carboxylic acids is 2. The number of phosphoric ester groups is 1. The quantitative estimate of drug-likeness (QED) is 0.0338. The minimum atomic E-state index is -4.26. The van der Waals surface area contributed by atoms with E-state index in [0.717, 1.165) is 44.9 Å². The van der Waals surface area contributed by atoms with Gasteiger partial charge in [-0.3, -0.25) is 18.6 Å². The Bertz CT molecular complexity index is 727. The van der Waals surface area contributed by atoms with Crippen molar-refractivity contribution in [2.45, 2.75) is 175 Å². The van der Waals surface area contributed by atoms with Gasteiger partial charge in [0.2, 0.25) is 0 Å². The highest BCUT2D eigenvalue weighted by atomic mass is 31.2. The zero-order valence-electron chi connectivity index (χ0n) is 27.9. The Kier molecular flexibility index (Phi) is 29.9. The number of rotatable bonds is 32. The van der Waals surface area contributed by atoms with Crippen LogP contribution in [0.1, 0.15) is 168 Å². The third kappa shape index (κ3) is 30.6. The fourth-order valence-electron chi connectivity index (χ4n) is 4.87. The molecule has 0 bridgehead atoms. The van der Waals surface area contributed by atoms with Gasteiger partial charge in [-0.05, 0) is 39.5 Å². The Balaban J connectivity index is 4.16. The van der Waals surface area contributed by atoms with Gasteiger partial charge in [0.05, 0.1) is 13.2 Å². The van der Waals surface area contributed by atoms with Crippen molar-refractivity contribution in [3.05, 3.63) is 12.2 Å². The highest BCUT2D eigenvalue weighted by Crippen LogP contribution is 2.43. The van der Waals surface area contributed by atoms with Crippen LogP contribution in [0.3, 0.4) is 0 Å². The molecule has 0 saturated carbocycles. The molecule has 0 radical (unpaired) electrons. The molecule has 0 amide bonds. The van der Waals surface area contributed by atoms with E-state index in [2.05, 4.69) is 19.1 Å². The molecule has 0 aliphatic carbocycles. The van der Waals surface area contributed by atoms with Crippen LogP contribution in [0.2, 0.25) is 0 Å². The summed E-state index contributed by atoms with van der Waals surface area (Å²) in [6.07, 6.45) is 28.5. The molecule has 1 unspecified atom stereocenters. The van der Waals surface area contributed by atoms with Crippen LogP contribution in [0.25, 0.3) is 0 Å². The molecule has 0 aromatic rings. The average Bonchev–Trinajstić information content (AvgIpc) is 2.97. The summed E-state index contributed by atoms with van der Waals surface area (Å²) < 4.78 is 32.4. The molecule has 0 spiro atoms. The molecule has 1 N–H and O–H groups in total. The molecule has 2 atom stereocenters. The maximum Gasteiger partial charge on any atom is 0.472 e. The number of esters is 2. The van der Waals surface area contributed by atoms with E-state index in [9.17, 15) is 19.0 Å². The fourth-order valence-corrected chi connectivity index (χ4v) is 5.62. The smallest absolute Gasteiger partial charge is 0.462 e. The van der Waals surface area contributed by atoms with E-state index >= 15 is 0 Å². The van der Waals surface area contributed by atoms with Gasteiger partial charge in [0.25, 0.3) is 0 Å². The molecular formula is C34H65O8P. The number of carbonyl (C=O) groups is 2. The Morgan fingerprint density at radius 1 is 0.651 bits per heavy atom. The second kappa shape index (κ2) is 30.8. The molecule has 0 aromatic carbocycles. The van der Waals surface area contributed by atoms with Gasteiger partial charge >= 0.3 is 19.8 Å². The highest BCUT2D eigenvalue weighted by Gasteiger charge is 2.25. The first-order chi connectivity index (χ1) is 20.8. The summed E-state index contributed by atoms with van der Waals surface area (Å²) >= 11 is 0. The Hall–Kier alpha value is -1.21.